The molecule has 4 amide bonds. The van der Waals surface area contributed by atoms with E-state index in [1.165, 1.54) is 11.8 Å². The van der Waals surface area contributed by atoms with E-state index in [9.17, 15) is 19.2 Å². The number of ether oxygens (including phenoxy) is 1. The minimum Gasteiger partial charge on any atom is -0.464 e. The lowest BCUT2D eigenvalue weighted by molar-refractivity contribution is -0.139. The molecular weight excluding hydrogens is 679 g/mol. The molecule has 3 heterocycles. The standard InChI is InChI=1S/C14H22IN3O2S.C13H19N3O3S/c1-9(2)13-16-11(8-21-13)7-18(4)14(20)17-12(5-6-15)10(3)19;1-8(2)11-14-9(7-20-11)6-16(3)13(18)15-10-4-5-19-12(10)17/h8-9,12H,5-7H2,1-4H3,(H,17,20);7-8,10H,4-6H2,1-3H3,(H,15,18)/t12-;10-/m00/s1. The van der Waals surface area contributed by atoms with Gasteiger partial charge >= 0.3 is 18.0 Å². The van der Waals surface area contributed by atoms with Crippen LogP contribution >= 0.6 is 45.3 Å². The molecule has 0 aromatic carbocycles. The van der Waals surface area contributed by atoms with E-state index in [1.807, 2.05) is 10.8 Å². The summed E-state index contributed by atoms with van der Waals surface area (Å²) in [5.41, 5.74) is 1.75. The van der Waals surface area contributed by atoms with Gasteiger partial charge in [0.05, 0.1) is 47.1 Å². The number of esters is 1. The van der Waals surface area contributed by atoms with Crippen LogP contribution < -0.4 is 10.6 Å². The van der Waals surface area contributed by atoms with E-state index in [-0.39, 0.29) is 23.8 Å². The molecule has 1 aliphatic rings. The number of aromatic nitrogens is 2. The summed E-state index contributed by atoms with van der Waals surface area (Å²) in [4.78, 5) is 58.9. The lowest BCUT2D eigenvalue weighted by Crippen LogP contribution is -2.46. The molecule has 0 saturated carbocycles. The molecule has 41 heavy (non-hydrogen) atoms. The number of thiazole rings is 2. The van der Waals surface area contributed by atoms with E-state index < -0.39 is 12.1 Å². The Morgan fingerprint density at radius 1 is 1.00 bits per heavy atom. The first-order chi connectivity index (χ1) is 19.3. The van der Waals surface area contributed by atoms with E-state index in [0.717, 1.165) is 25.8 Å². The Morgan fingerprint density at radius 3 is 1.90 bits per heavy atom. The van der Waals surface area contributed by atoms with Gasteiger partial charge in [0, 0.05) is 47.5 Å². The van der Waals surface area contributed by atoms with E-state index >= 15 is 0 Å². The normalized spacial score (nSPS) is 15.2. The van der Waals surface area contributed by atoms with Crippen LogP contribution in [0.2, 0.25) is 0 Å². The molecule has 0 unspecified atom stereocenters. The lowest BCUT2D eigenvalue weighted by atomic mass is 10.1. The van der Waals surface area contributed by atoms with Gasteiger partial charge in [-0.15, -0.1) is 22.7 Å². The maximum atomic E-state index is 12.1. The molecule has 0 spiro atoms. The first-order valence-corrected chi connectivity index (χ1v) is 16.8. The van der Waals surface area contributed by atoms with Gasteiger partial charge in [0.1, 0.15) is 6.04 Å². The maximum Gasteiger partial charge on any atom is 0.328 e. The summed E-state index contributed by atoms with van der Waals surface area (Å²) >= 11 is 5.42. The molecule has 3 rings (SSSR count). The van der Waals surface area contributed by atoms with E-state index in [0.29, 0.717) is 44.4 Å². The Balaban J connectivity index is 0.000000287. The van der Waals surface area contributed by atoms with Crippen LogP contribution in [-0.4, -0.2) is 80.8 Å². The van der Waals surface area contributed by atoms with Gasteiger partial charge in [0.25, 0.3) is 0 Å². The van der Waals surface area contributed by atoms with E-state index in [4.69, 9.17) is 4.74 Å². The predicted molar refractivity (Wildman–Crippen MR) is 170 cm³/mol. The second kappa shape index (κ2) is 16.9. The Bertz CT molecular complexity index is 1170. The van der Waals surface area contributed by atoms with Crippen molar-refractivity contribution in [2.75, 3.05) is 25.1 Å². The number of cyclic esters (lactones) is 1. The molecule has 0 aliphatic carbocycles. The fourth-order valence-electron chi connectivity index (χ4n) is 3.58. The molecule has 2 atom stereocenters. The van der Waals surface area contributed by atoms with Gasteiger partial charge in [-0.25, -0.2) is 24.4 Å². The van der Waals surface area contributed by atoms with Crippen molar-refractivity contribution < 1.29 is 23.9 Å². The molecular formula is C27H41IN6O5S2. The van der Waals surface area contributed by atoms with Crippen LogP contribution in [0, 0.1) is 0 Å². The van der Waals surface area contributed by atoms with E-state index in [1.54, 1.807) is 41.7 Å². The number of halogens is 1. The topological polar surface area (TPSA) is 134 Å². The van der Waals surface area contributed by atoms with Crippen molar-refractivity contribution in [3.63, 3.8) is 0 Å². The SMILES string of the molecule is CC(=O)[C@H](CCI)NC(=O)N(C)Cc1csc(C(C)C)n1.CC(C)c1nc(CN(C)C(=O)N[C@H]2CCOC2=O)cs1. The zero-order valence-electron chi connectivity index (χ0n) is 24.7. The van der Waals surface area contributed by atoms with Crippen molar-refractivity contribution in [3.8, 4) is 0 Å². The smallest absolute Gasteiger partial charge is 0.328 e. The number of rotatable bonds is 11. The van der Waals surface area contributed by atoms with Crippen molar-refractivity contribution in [1.29, 1.82) is 0 Å². The van der Waals surface area contributed by atoms with Gasteiger partial charge in [0.2, 0.25) is 0 Å². The summed E-state index contributed by atoms with van der Waals surface area (Å²) in [5, 5.41) is 11.5. The molecule has 0 radical (unpaired) electrons. The number of carbonyl (C=O) groups is 4. The number of alkyl halides is 1. The van der Waals surface area contributed by atoms with Gasteiger partial charge in [-0.05, 0) is 13.3 Å². The number of carbonyl (C=O) groups excluding carboxylic acids is 4. The summed E-state index contributed by atoms with van der Waals surface area (Å²) in [6.07, 6.45) is 1.19. The number of ketones is 1. The van der Waals surface area contributed by atoms with Crippen molar-refractivity contribution in [1.82, 2.24) is 30.4 Å². The Kier molecular flexibility index (Phi) is 14.4. The number of hydrogen-bond acceptors (Lipinski definition) is 9. The second-order valence-electron chi connectivity index (χ2n) is 10.4. The van der Waals surface area contributed by atoms with Crippen molar-refractivity contribution >= 4 is 69.1 Å². The predicted octanol–water partition coefficient (Wildman–Crippen LogP) is 4.91. The largest absolute Gasteiger partial charge is 0.464 e. The minimum atomic E-state index is -0.522. The maximum absolute atomic E-state index is 12.1. The third kappa shape index (κ3) is 11.5. The van der Waals surface area contributed by atoms with Gasteiger partial charge < -0.3 is 25.2 Å². The number of urea groups is 2. The zero-order chi connectivity index (χ0) is 30.7. The van der Waals surface area contributed by atoms with Crippen molar-refractivity contribution in [2.45, 2.75) is 84.5 Å². The van der Waals surface area contributed by atoms with Gasteiger partial charge in [0.15, 0.2) is 5.78 Å². The Morgan fingerprint density at radius 2 is 1.51 bits per heavy atom. The van der Waals surface area contributed by atoms with Crippen LogP contribution in [0.15, 0.2) is 10.8 Å². The number of hydrogen-bond donors (Lipinski definition) is 2. The summed E-state index contributed by atoms with van der Waals surface area (Å²) in [5.74, 6) is 0.418. The van der Waals surface area contributed by atoms with Gasteiger partial charge in [-0.2, -0.15) is 0 Å². The molecule has 0 bridgehead atoms. The van der Waals surface area contributed by atoms with Crippen LogP contribution in [-0.2, 0) is 27.4 Å². The lowest BCUT2D eigenvalue weighted by Gasteiger charge is -2.21. The zero-order valence-corrected chi connectivity index (χ0v) is 28.5. The minimum absolute atomic E-state index is 0.0100. The third-order valence-electron chi connectivity index (χ3n) is 6.04. The summed E-state index contributed by atoms with van der Waals surface area (Å²) in [6, 6.07) is -1.45. The van der Waals surface area contributed by atoms with Crippen molar-refractivity contribution in [3.05, 3.63) is 32.2 Å². The molecule has 1 fully saturated rings. The van der Waals surface area contributed by atoms with Crippen LogP contribution in [0.4, 0.5) is 9.59 Å². The molecule has 1 saturated heterocycles. The monoisotopic (exact) mass is 720 g/mol. The molecule has 2 N–H and O–H groups in total. The molecule has 2 aromatic rings. The number of Topliss-reactive ketones (excluding diaryl/α,β-unsaturated/α-hetero) is 1. The fourth-order valence-corrected chi connectivity index (χ4v) is 5.86. The quantitative estimate of drug-likeness (QED) is 0.192. The van der Waals surface area contributed by atoms with Crippen LogP contribution in [0.1, 0.15) is 80.7 Å². The molecule has 14 heteroatoms. The number of nitrogens with one attached hydrogen (secondary N) is 2. The van der Waals surface area contributed by atoms with Crippen molar-refractivity contribution in [2.24, 2.45) is 0 Å². The number of nitrogens with zero attached hydrogens (tertiary/aromatic N) is 4. The summed E-state index contributed by atoms with van der Waals surface area (Å²) in [7, 11) is 3.40. The van der Waals surface area contributed by atoms with Gasteiger partial charge in [-0.1, -0.05) is 50.3 Å². The first-order valence-electron chi connectivity index (χ1n) is 13.5. The first kappa shape index (κ1) is 34.9. The highest BCUT2D eigenvalue weighted by molar-refractivity contribution is 14.1. The van der Waals surface area contributed by atoms with E-state index in [2.05, 4.69) is 70.9 Å². The molecule has 1 aliphatic heterocycles. The molecule has 11 nitrogen and oxygen atoms in total. The van der Waals surface area contributed by atoms with Crippen LogP contribution in [0.3, 0.4) is 0 Å². The molecule has 228 valence electrons. The number of amides is 4. The highest BCUT2D eigenvalue weighted by atomic mass is 127. The highest BCUT2D eigenvalue weighted by Gasteiger charge is 2.29. The highest BCUT2D eigenvalue weighted by Crippen LogP contribution is 2.21. The van der Waals surface area contributed by atoms with Gasteiger partial charge in [-0.3, -0.25) is 4.79 Å². The van der Waals surface area contributed by atoms with Crippen LogP contribution in [0.25, 0.3) is 0 Å². The Hall–Kier alpha value is -2.33. The third-order valence-corrected chi connectivity index (χ3v) is 9.05. The Labute approximate surface area is 264 Å². The summed E-state index contributed by atoms with van der Waals surface area (Å²) < 4.78 is 5.64. The fraction of sp³-hybridized carbons (Fsp3) is 0.630. The molecule has 2 aromatic heterocycles. The average Bonchev–Trinajstić information content (AvgIpc) is 3.66. The second-order valence-corrected chi connectivity index (χ2v) is 13.3. The van der Waals surface area contributed by atoms with Crippen LogP contribution in [0.5, 0.6) is 0 Å². The average molecular weight is 721 g/mol. The summed E-state index contributed by atoms with van der Waals surface area (Å²) in [6.45, 7) is 11.1.